The Kier molecular flexibility index (Phi) is 5.63. The van der Waals surface area contributed by atoms with Gasteiger partial charge >= 0.3 is 0 Å². The van der Waals surface area contributed by atoms with Gasteiger partial charge in [-0.1, -0.05) is 85.2 Å². The van der Waals surface area contributed by atoms with E-state index in [0.717, 1.165) is 42.5 Å². The fourth-order valence-corrected chi connectivity index (χ4v) is 6.21. The average Bonchev–Trinajstić information content (AvgIpc) is 3.22. The van der Waals surface area contributed by atoms with E-state index in [1.165, 1.54) is 18.2 Å². The summed E-state index contributed by atoms with van der Waals surface area (Å²) in [5.41, 5.74) is 3.06. The van der Waals surface area contributed by atoms with Crippen LogP contribution in [0.2, 0.25) is 5.02 Å². The molecule has 2 heterocycles. The maximum atomic E-state index is 13.6. The number of hydrogen-bond donors (Lipinski definition) is 0. The van der Waals surface area contributed by atoms with Gasteiger partial charge in [0.1, 0.15) is 4.32 Å². The molecule has 0 aromatic heterocycles. The molecule has 1 aliphatic carbocycles. The van der Waals surface area contributed by atoms with Gasteiger partial charge in [-0.25, -0.2) is 0 Å². The van der Waals surface area contributed by atoms with Gasteiger partial charge in [0.25, 0.3) is 11.8 Å². The molecule has 5 rings (SSSR count). The number of thiocarbonyl (C=S) groups is 1. The zero-order valence-electron chi connectivity index (χ0n) is 16.8. The maximum absolute atomic E-state index is 13.6. The Morgan fingerprint density at radius 3 is 2.42 bits per heavy atom. The number of halogens is 1. The monoisotopic (exact) mass is 468 g/mol. The smallest absolute Gasteiger partial charge is 0.267 e. The molecule has 3 aliphatic rings. The summed E-state index contributed by atoms with van der Waals surface area (Å²) in [5, 5.41) is 0.656. The van der Waals surface area contributed by atoms with Crippen LogP contribution in [0.25, 0.3) is 5.57 Å². The van der Waals surface area contributed by atoms with Gasteiger partial charge in [-0.05, 0) is 36.6 Å². The Morgan fingerprint density at radius 2 is 1.68 bits per heavy atom. The lowest BCUT2D eigenvalue weighted by molar-refractivity contribution is -0.124. The lowest BCUT2D eigenvalue weighted by atomic mass is 9.94. The molecule has 158 valence electrons. The highest BCUT2D eigenvalue weighted by atomic mass is 35.5. The van der Waals surface area contributed by atoms with Crippen LogP contribution in [0.3, 0.4) is 0 Å². The fraction of sp³-hybridized carbons (Fsp3) is 0.292. The number of rotatable bonds is 3. The number of para-hydroxylation sites is 1. The van der Waals surface area contributed by atoms with Crippen LogP contribution in [-0.4, -0.2) is 27.1 Å². The molecule has 0 bridgehead atoms. The molecule has 0 unspecified atom stereocenters. The highest BCUT2D eigenvalue weighted by molar-refractivity contribution is 8.26. The maximum Gasteiger partial charge on any atom is 0.267 e. The van der Waals surface area contributed by atoms with Crippen LogP contribution in [0.1, 0.15) is 43.2 Å². The summed E-state index contributed by atoms with van der Waals surface area (Å²) in [6, 6.07) is 15.3. The van der Waals surface area contributed by atoms with Crippen LogP contribution >= 0.6 is 35.6 Å². The second-order valence-corrected chi connectivity index (χ2v) is 10.2. The van der Waals surface area contributed by atoms with Crippen LogP contribution in [0, 0.1) is 0 Å². The summed E-state index contributed by atoms with van der Waals surface area (Å²) in [7, 11) is 0. The normalized spacial score (nSPS) is 21.9. The molecule has 31 heavy (non-hydrogen) atoms. The molecule has 0 atom stereocenters. The molecule has 7 heteroatoms. The number of carbonyl (C=O) groups excluding carboxylic acids is 2. The number of thioether (sulfide) groups is 1. The third-order valence-electron chi connectivity index (χ3n) is 6.14. The topological polar surface area (TPSA) is 40.6 Å². The SMILES string of the molecule is O=C1/C(=C2\SC(=S)N(C3CCCCC3)C2=O)c2ccccc2N1Cc1ccc(Cl)cc1. The molecule has 0 N–H and O–H groups in total. The van der Waals surface area contributed by atoms with E-state index in [4.69, 9.17) is 23.8 Å². The molecule has 2 aromatic carbocycles. The van der Waals surface area contributed by atoms with Crippen LogP contribution < -0.4 is 4.90 Å². The van der Waals surface area contributed by atoms with Crippen molar-refractivity contribution in [3.63, 3.8) is 0 Å². The number of benzene rings is 2. The average molecular weight is 469 g/mol. The quantitative estimate of drug-likeness (QED) is 0.422. The highest BCUT2D eigenvalue weighted by Gasteiger charge is 2.44. The van der Waals surface area contributed by atoms with Gasteiger partial charge < -0.3 is 4.90 Å². The third-order valence-corrected chi connectivity index (χ3v) is 7.80. The van der Waals surface area contributed by atoms with E-state index in [9.17, 15) is 9.59 Å². The van der Waals surface area contributed by atoms with E-state index in [1.807, 2.05) is 48.5 Å². The molecular formula is C24H21ClN2O2S2. The second kappa shape index (κ2) is 8.41. The minimum atomic E-state index is -0.153. The van der Waals surface area contributed by atoms with Gasteiger partial charge in [-0.15, -0.1) is 0 Å². The van der Waals surface area contributed by atoms with Gasteiger partial charge in [0.05, 0.1) is 22.7 Å². The summed E-state index contributed by atoms with van der Waals surface area (Å²) in [5.74, 6) is -0.270. The molecule has 2 aliphatic heterocycles. The molecule has 0 spiro atoms. The number of carbonyl (C=O) groups is 2. The van der Waals surface area contributed by atoms with Crippen molar-refractivity contribution in [3.8, 4) is 0 Å². The van der Waals surface area contributed by atoms with Gasteiger partial charge in [0.2, 0.25) is 0 Å². The first kappa shape index (κ1) is 20.7. The number of nitrogens with zero attached hydrogens (tertiary/aromatic N) is 2. The minimum absolute atomic E-state index is 0.117. The number of hydrogen-bond acceptors (Lipinski definition) is 4. The standard InChI is InChI=1S/C24H21ClN2O2S2/c25-16-12-10-15(11-13-16)14-26-19-9-5-4-8-18(19)20(22(26)28)21-23(29)27(24(30)31-21)17-6-2-1-3-7-17/h4-5,8-13,17H,1-3,6-7,14H2/b21-20-. The predicted molar refractivity (Wildman–Crippen MR) is 130 cm³/mol. The summed E-state index contributed by atoms with van der Waals surface area (Å²) in [6.45, 7) is 0.416. The van der Waals surface area contributed by atoms with Crippen LogP contribution in [0.4, 0.5) is 5.69 Å². The summed E-state index contributed by atoms with van der Waals surface area (Å²) in [4.78, 5) is 31.0. The fourth-order valence-electron chi connectivity index (χ4n) is 4.61. The van der Waals surface area contributed by atoms with E-state index in [1.54, 1.807) is 9.80 Å². The van der Waals surface area contributed by atoms with E-state index in [2.05, 4.69) is 0 Å². The van der Waals surface area contributed by atoms with Crippen molar-refractivity contribution in [1.29, 1.82) is 0 Å². The zero-order valence-corrected chi connectivity index (χ0v) is 19.2. The molecule has 4 nitrogen and oxygen atoms in total. The van der Waals surface area contributed by atoms with Gasteiger partial charge in [-0.3, -0.25) is 14.5 Å². The Morgan fingerprint density at radius 1 is 0.968 bits per heavy atom. The Balaban J connectivity index is 1.52. The van der Waals surface area contributed by atoms with E-state index in [-0.39, 0.29) is 17.9 Å². The van der Waals surface area contributed by atoms with Gasteiger partial charge in [-0.2, -0.15) is 0 Å². The highest BCUT2D eigenvalue weighted by Crippen LogP contribution is 2.46. The first-order valence-corrected chi connectivity index (χ1v) is 12.1. The lowest BCUT2D eigenvalue weighted by Gasteiger charge is -2.29. The summed E-state index contributed by atoms with van der Waals surface area (Å²) < 4.78 is 0.570. The van der Waals surface area contributed by atoms with Crippen molar-refractivity contribution in [1.82, 2.24) is 4.90 Å². The molecule has 1 saturated carbocycles. The van der Waals surface area contributed by atoms with E-state index >= 15 is 0 Å². The summed E-state index contributed by atoms with van der Waals surface area (Å²) >= 11 is 12.9. The Hall–Kier alpha value is -2.15. The lowest BCUT2D eigenvalue weighted by Crippen LogP contribution is -2.40. The van der Waals surface area contributed by atoms with Gasteiger partial charge in [0.15, 0.2) is 0 Å². The number of amides is 2. The zero-order chi connectivity index (χ0) is 21.5. The molecule has 0 radical (unpaired) electrons. The molecule has 2 amide bonds. The van der Waals surface area contributed by atoms with Crippen LogP contribution in [0.5, 0.6) is 0 Å². The third kappa shape index (κ3) is 3.71. The van der Waals surface area contributed by atoms with Crippen LogP contribution in [-0.2, 0) is 16.1 Å². The number of fused-ring (bicyclic) bond motifs is 1. The van der Waals surface area contributed by atoms with Crippen molar-refractivity contribution < 1.29 is 9.59 Å². The first-order valence-electron chi connectivity index (χ1n) is 10.5. The van der Waals surface area contributed by atoms with Crippen molar-refractivity contribution >= 4 is 63.0 Å². The van der Waals surface area contributed by atoms with Crippen molar-refractivity contribution in [2.24, 2.45) is 0 Å². The Labute approximate surface area is 196 Å². The summed E-state index contributed by atoms with van der Waals surface area (Å²) in [6.07, 6.45) is 5.39. The minimum Gasteiger partial charge on any atom is -0.303 e. The molecular weight excluding hydrogens is 448 g/mol. The largest absolute Gasteiger partial charge is 0.303 e. The van der Waals surface area contributed by atoms with Crippen molar-refractivity contribution in [2.75, 3.05) is 4.90 Å². The Bertz CT molecular complexity index is 1110. The molecule has 2 fully saturated rings. The van der Waals surface area contributed by atoms with Crippen LogP contribution in [0.15, 0.2) is 53.4 Å². The van der Waals surface area contributed by atoms with Crippen molar-refractivity contribution in [3.05, 3.63) is 69.6 Å². The number of anilines is 1. The first-order chi connectivity index (χ1) is 15.0. The van der Waals surface area contributed by atoms with E-state index < -0.39 is 0 Å². The van der Waals surface area contributed by atoms with E-state index in [0.29, 0.717) is 26.4 Å². The predicted octanol–water partition coefficient (Wildman–Crippen LogP) is 5.79. The molecule has 2 aromatic rings. The molecule has 1 saturated heterocycles. The second-order valence-electron chi connectivity index (χ2n) is 8.07. The van der Waals surface area contributed by atoms with Gasteiger partial charge in [0, 0.05) is 16.6 Å². The van der Waals surface area contributed by atoms with Crippen molar-refractivity contribution in [2.45, 2.75) is 44.7 Å².